The van der Waals surface area contributed by atoms with Crippen molar-refractivity contribution in [3.8, 4) is 0 Å². The van der Waals surface area contributed by atoms with Crippen LogP contribution in [0.5, 0.6) is 0 Å². The van der Waals surface area contributed by atoms with Crippen molar-refractivity contribution in [1.82, 2.24) is 4.90 Å². The Hall–Kier alpha value is -0.420. The van der Waals surface area contributed by atoms with Gasteiger partial charge in [-0.15, -0.1) is 11.3 Å². The molecule has 1 fully saturated rings. The minimum Gasteiger partial charge on any atom is -0.367 e. The van der Waals surface area contributed by atoms with E-state index in [4.69, 9.17) is 10.5 Å². The number of ether oxygens (including phenoxy) is 1. The molecule has 0 spiro atoms. The molecule has 1 aromatic heterocycles. The van der Waals surface area contributed by atoms with Crippen LogP contribution in [0.4, 0.5) is 0 Å². The number of nitrogens with two attached hydrogens (primary N) is 1. The molecular formula is C17H30N2OS. The summed E-state index contributed by atoms with van der Waals surface area (Å²) in [5, 5.41) is 0. The lowest BCUT2D eigenvalue weighted by molar-refractivity contribution is -0.189. The zero-order valence-corrected chi connectivity index (χ0v) is 15.1. The second-order valence-corrected chi connectivity index (χ2v) is 8.81. The smallest absolute Gasteiger partial charge is 0.0761 e. The van der Waals surface area contributed by atoms with Gasteiger partial charge in [-0.1, -0.05) is 6.92 Å². The van der Waals surface area contributed by atoms with Crippen LogP contribution < -0.4 is 5.73 Å². The Balaban J connectivity index is 2.32. The van der Waals surface area contributed by atoms with E-state index in [1.165, 1.54) is 9.75 Å². The van der Waals surface area contributed by atoms with Crippen LogP contribution in [0.15, 0.2) is 12.1 Å². The molecule has 2 unspecified atom stereocenters. The summed E-state index contributed by atoms with van der Waals surface area (Å²) in [5.74, 6) is 0. The quantitative estimate of drug-likeness (QED) is 0.921. The van der Waals surface area contributed by atoms with Crippen LogP contribution in [0.2, 0.25) is 0 Å². The molecule has 0 saturated carbocycles. The summed E-state index contributed by atoms with van der Waals surface area (Å²) in [6.45, 7) is 14.9. The van der Waals surface area contributed by atoms with Crippen LogP contribution in [-0.2, 0) is 4.74 Å². The van der Waals surface area contributed by atoms with Crippen molar-refractivity contribution in [3.63, 3.8) is 0 Å². The first-order chi connectivity index (χ1) is 9.63. The van der Waals surface area contributed by atoms with E-state index in [1.807, 2.05) is 11.3 Å². The number of thiophene rings is 1. The van der Waals surface area contributed by atoms with Gasteiger partial charge in [-0.05, 0) is 53.2 Å². The molecule has 1 aliphatic heterocycles. The van der Waals surface area contributed by atoms with Crippen molar-refractivity contribution in [2.45, 2.75) is 71.2 Å². The van der Waals surface area contributed by atoms with E-state index in [2.05, 4.69) is 58.6 Å². The first kappa shape index (κ1) is 16.9. The van der Waals surface area contributed by atoms with Gasteiger partial charge in [0.2, 0.25) is 0 Å². The fourth-order valence-corrected chi connectivity index (χ4v) is 4.63. The van der Waals surface area contributed by atoms with Gasteiger partial charge in [0.15, 0.2) is 0 Å². The van der Waals surface area contributed by atoms with Crippen LogP contribution in [0, 0.1) is 6.92 Å². The van der Waals surface area contributed by atoms with Crippen molar-refractivity contribution in [3.05, 3.63) is 21.9 Å². The van der Waals surface area contributed by atoms with Crippen LogP contribution in [-0.4, -0.2) is 35.2 Å². The highest BCUT2D eigenvalue weighted by Gasteiger charge is 2.42. The molecule has 2 rings (SSSR count). The van der Waals surface area contributed by atoms with Gasteiger partial charge in [-0.25, -0.2) is 0 Å². The maximum absolute atomic E-state index is 6.49. The summed E-state index contributed by atoms with van der Waals surface area (Å²) in [7, 11) is 0. The van der Waals surface area contributed by atoms with Crippen molar-refractivity contribution < 1.29 is 4.74 Å². The Morgan fingerprint density at radius 3 is 2.24 bits per heavy atom. The monoisotopic (exact) mass is 310 g/mol. The van der Waals surface area contributed by atoms with E-state index in [9.17, 15) is 0 Å². The average Bonchev–Trinajstić information content (AvgIpc) is 2.71. The number of nitrogens with zero attached hydrogens (tertiary/aromatic N) is 1. The number of morpholine rings is 1. The van der Waals surface area contributed by atoms with Gasteiger partial charge in [0.25, 0.3) is 0 Å². The molecule has 0 amide bonds. The molecule has 3 nitrogen and oxygen atoms in total. The van der Waals surface area contributed by atoms with E-state index in [0.29, 0.717) is 0 Å². The second-order valence-electron chi connectivity index (χ2n) is 7.49. The minimum absolute atomic E-state index is 0.139. The van der Waals surface area contributed by atoms with Crippen LogP contribution in [0.1, 0.15) is 56.8 Å². The summed E-state index contributed by atoms with van der Waals surface area (Å²) in [6.07, 6.45) is 0.986. The molecular weight excluding hydrogens is 280 g/mol. The highest BCUT2D eigenvalue weighted by Crippen LogP contribution is 2.37. The standard InChI is InChI=1S/C17H30N2OS/c1-7-13(18)15(14-9-8-12(2)21-14)19-10-16(3,4)20-17(5,6)11-19/h8-9,13,15H,7,10-11,18H2,1-6H3. The molecule has 1 aromatic rings. The Kier molecular flexibility index (Phi) is 4.84. The lowest BCUT2D eigenvalue weighted by Gasteiger charge is -2.50. The molecule has 4 heteroatoms. The SMILES string of the molecule is CCC(N)C(c1ccc(C)s1)N1CC(C)(C)OC(C)(C)C1. The average molecular weight is 311 g/mol. The van der Waals surface area contributed by atoms with E-state index >= 15 is 0 Å². The summed E-state index contributed by atoms with van der Waals surface area (Å²) in [4.78, 5) is 5.27. The van der Waals surface area contributed by atoms with E-state index in [0.717, 1.165) is 19.5 Å². The number of rotatable bonds is 4. The molecule has 1 saturated heterocycles. The lowest BCUT2D eigenvalue weighted by Crippen LogP contribution is -2.59. The van der Waals surface area contributed by atoms with E-state index in [1.54, 1.807) is 0 Å². The molecule has 21 heavy (non-hydrogen) atoms. The number of aryl methyl sites for hydroxylation is 1. The molecule has 1 aliphatic rings. The van der Waals surface area contributed by atoms with Gasteiger partial charge in [0, 0.05) is 28.9 Å². The van der Waals surface area contributed by atoms with Crippen LogP contribution in [0.3, 0.4) is 0 Å². The van der Waals surface area contributed by atoms with Crippen molar-refractivity contribution >= 4 is 11.3 Å². The third kappa shape index (κ3) is 4.07. The topological polar surface area (TPSA) is 38.5 Å². The largest absolute Gasteiger partial charge is 0.367 e. The van der Waals surface area contributed by atoms with E-state index < -0.39 is 0 Å². The summed E-state index contributed by atoms with van der Waals surface area (Å²) < 4.78 is 6.22. The summed E-state index contributed by atoms with van der Waals surface area (Å²) >= 11 is 1.87. The maximum atomic E-state index is 6.49. The van der Waals surface area contributed by atoms with Crippen molar-refractivity contribution in [1.29, 1.82) is 0 Å². The van der Waals surface area contributed by atoms with Gasteiger partial charge in [0.05, 0.1) is 17.2 Å². The highest BCUT2D eigenvalue weighted by atomic mass is 32.1. The van der Waals surface area contributed by atoms with Gasteiger partial charge < -0.3 is 10.5 Å². The Morgan fingerprint density at radius 1 is 1.24 bits per heavy atom. The van der Waals surface area contributed by atoms with Gasteiger partial charge in [0.1, 0.15) is 0 Å². The summed E-state index contributed by atoms with van der Waals surface area (Å²) in [6, 6.07) is 4.89. The van der Waals surface area contributed by atoms with Gasteiger partial charge in [-0.3, -0.25) is 4.90 Å². The maximum Gasteiger partial charge on any atom is 0.0761 e. The first-order valence-electron chi connectivity index (χ1n) is 7.90. The molecule has 0 aliphatic carbocycles. The highest BCUT2D eigenvalue weighted by molar-refractivity contribution is 7.12. The van der Waals surface area contributed by atoms with Crippen molar-refractivity contribution in [2.75, 3.05) is 13.1 Å². The second kappa shape index (κ2) is 5.99. The normalized spacial score (nSPS) is 24.7. The Bertz CT molecular complexity index is 465. The minimum atomic E-state index is -0.139. The predicted molar refractivity (Wildman–Crippen MR) is 90.9 cm³/mol. The summed E-state index contributed by atoms with van der Waals surface area (Å²) in [5.41, 5.74) is 6.21. The van der Waals surface area contributed by atoms with E-state index in [-0.39, 0.29) is 23.3 Å². The van der Waals surface area contributed by atoms with Gasteiger partial charge >= 0.3 is 0 Å². The third-order valence-electron chi connectivity index (χ3n) is 4.04. The third-order valence-corrected chi connectivity index (χ3v) is 5.11. The predicted octanol–water partition coefficient (Wildman–Crippen LogP) is 3.72. The molecule has 0 radical (unpaired) electrons. The number of hydrogen-bond acceptors (Lipinski definition) is 4. The molecule has 2 atom stereocenters. The molecule has 0 aromatic carbocycles. The molecule has 120 valence electrons. The Labute approximate surface area is 133 Å². The fourth-order valence-electron chi connectivity index (χ4n) is 3.54. The number of hydrogen-bond donors (Lipinski definition) is 1. The molecule has 2 N–H and O–H groups in total. The zero-order chi connectivity index (χ0) is 15.8. The zero-order valence-electron chi connectivity index (χ0n) is 14.3. The first-order valence-corrected chi connectivity index (χ1v) is 8.71. The molecule has 2 heterocycles. The van der Waals surface area contributed by atoms with Gasteiger partial charge in [-0.2, -0.15) is 0 Å². The molecule has 0 bridgehead atoms. The lowest BCUT2D eigenvalue weighted by atomic mass is 9.94. The fraction of sp³-hybridized carbons (Fsp3) is 0.765. The Morgan fingerprint density at radius 2 is 1.81 bits per heavy atom. The van der Waals surface area contributed by atoms with Crippen LogP contribution in [0.25, 0.3) is 0 Å². The van der Waals surface area contributed by atoms with Crippen LogP contribution >= 0.6 is 11.3 Å². The van der Waals surface area contributed by atoms with Crippen molar-refractivity contribution in [2.24, 2.45) is 5.73 Å².